The molecule has 1 aliphatic carbocycles. The van der Waals surface area contributed by atoms with Crippen molar-refractivity contribution < 1.29 is 9.47 Å². The fraction of sp³-hybridized carbons (Fsp3) is 0.577. The highest BCUT2D eigenvalue weighted by atomic mass is 16.5. The standard InChI is InChI=1S/C26H32N6O2/c1-2-6-18(7-3-1)21-14-24(31-19-9-10-20(31)17-33-16-19)28-26-22(21)15-27-32(26)23-11-12-30(29-23)25-8-4-5-13-34-25/h6,11-12,14-15,19-20,25H,1-5,7-10,13,16-17H2. The minimum Gasteiger partial charge on any atom is -0.377 e. The third-order valence-electron chi connectivity index (χ3n) is 7.93. The van der Waals surface area contributed by atoms with Crippen LogP contribution >= 0.6 is 0 Å². The Balaban J connectivity index is 1.34. The van der Waals surface area contributed by atoms with Crippen LogP contribution in [0.1, 0.15) is 69.6 Å². The van der Waals surface area contributed by atoms with Crippen LogP contribution in [0.2, 0.25) is 0 Å². The Bertz CT molecular complexity index is 1210. The smallest absolute Gasteiger partial charge is 0.177 e. The van der Waals surface area contributed by atoms with Crippen LogP contribution in [0, 0.1) is 0 Å². The van der Waals surface area contributed by atoms with Crippen LogP contribution in [-0.2, 0) is 9.47 Å². The van der Waals surface area contributed by atoms with Gasteiger partial charge in [0.25, 0.3) is 0 Å². The fourth-order valence-corrected chi connectivity index (χ4v) is 6.17. The van der Waals surface area contributed by atoms with Crippen LogP contribution in [-0.4, -0.2) is 56.4 Å². The van der Waals surface area contributed by atoms with Gasteiger partial charge in [-0.15, -0.1) is 0 Å². The molecule has 8 heteroatoms. The van der Waals surface area contributed by atoms with Crippen molar-refractivity contribution in [1.29, 1.82) is 0 Å². The summed E-state index contributed by atoms with van der Waals surface area (Å²) in [5.74, 6) is 1.85. The first-order valence-corrected chi connectivity index (χ1v) is 13.0. The van der Waals surface area contributed by atoms with Crippen molar-refractivity contribution in [2.75, 3.05) is 24.7 Å². The van der Waals surface area contributed by atoms with Crippen molar-refractivity contribution in [3.8, 4) is 5.82 Å². The van der Waals surface area contributed by atoms with Crippen LogP contribution in [0.25, 0.3) is 22.4 Å². The molecule has 2 bridgehead atoms. The van der Waals surface area contributed by atoms with E-state index in [0.29, 0.717) is 12.1 Å². The average Bonchev–Trinajstić information content (AvgIpc) is 3.60. The van der Waals surface area contributed by atoms with E-state index in [9.17, 15) is 0 Å². The number of hydrogen-bond acceptors (Lipinski definition) is 6. The van der Waals surface area contributed by atoms with E-state index in [2.05, 4.69) is 17.0 Å². The summed E-state index contributed by atoms with van der Waals surface area (Å²) in [5, 5.41) is 10.8. The number of anilines is 1. The normalized spacial score (nSPS) is 27.4. The second-order valence-electron chi connectivity index (χ2n) is 10.1. The van der Waals surface area contributed by atoms with E-state index in [0.717, 1.165) is 68.2 Å². The highest BCUT2D eigenvalue weighted by molar-refractivity contribution is 5.92. The van der Waals surface area contributed by atoms with E-state index in [4.69, 9.17) is 24.7 Å². The lowest BCUT2D eigenvalue weighted by molar-refractivity contribution is -0.0395. The monoisotopic (exact) mass is 460 g/mol. The number of rotatable bonds is 4. The van der Waals surface area contributed by atoms with Gasteiger partial charge in [-0.25, -0.2) is 9.67 Å². The Morgan fingerprint density at radius 2 is 1.88 bits per heavy atom. The first-order valence-electron chi connectivity index (χ1n) is 13.0. The molecule has 8 nitrogen and oxygen atoms in total. The van der Waals surface area contributed by atoms with Gasteiger partial charge in [0.1, 0.15) is 12.0 Å². The zero-order valence-corrected chi connectivity index (χ0v) is 19.6. The highest BCUT2D eigenvalue weighted by Gasteiger charge is 2.38. The molecule has 3 unspecified atom stereocenters. The molecule has 34 heavy (non-hydrogen) atoms. The number of aromatic nitrogens is 5. The van der Waals surface area contributed by atoms with Gasteiger partial charge in [0.15, 0.2) is 11.5 Å². The molecule has 3 atom stereocenters. The Morgan fingerprint density at radius 3 is 2.68 bits per heavy atom. The summed E-state index contributed by atoms with van der Waals surface area (Å²) >= 11 is 0. The maximum atomic E-state index is 5.94. The molecule has 3 aromatic heterocycles. The predicted molar refractivity (Wildman–Crippen MR) is 130 cm³/mol. The number of pyridine rings is 1. The van der Waals surface area contributed by atoms with Gasteiger partial charge >= 0.3 is 0 Å². The molecule has 3 aromatic rings. The molecular formula is C26H32N6O2. The number of hydrogen-bond donors (Lipinski definition) is 0. The largest absolute Gasteiger partial charge is 0.377 e. The van der Waals surface area contributed by atoms with Gasteiger partial charge in [-0.05, 0) is 75.0 Å². The summed E-state index contributed by atoms with van der Waals surface area (Å²) in [7, 11) is 0. The molecule has 7 rings (SSSR count). The lowest BCUT2D eigenvalue weighted by atomic mass is 9.92. The molecule has 0 N–H and O–H groups in total. The Kier molecular flexibility index (Phi) is 5.16. The number of ether oxygens (including phenoxy) is 2. The number of fused-ring (bicyclic) bond motifs is 3. The molecule has 4 aliphatic rings. The Hall–Kier alpha value is -2.71. The molecule has 178 valence electrons. The fourth-order valence-electron chi connectivity index (χ4n) is 6.17. The maximum Gasteiger partial charge on any atom is 0.177 e. The summed E-state index contributed by atoms with van der Waals surface area (Å²) in [6.45, 7) is 2.38. The number of allylic oxidation sites excluding steroid dienone is 2. The van der Waals surface area contributed by atoms with Crippen molar-refractivity contribution in [3.05, 3.63) is 36.2 Å². The van der Waals surface area contributed by atoms with Gasteiger partial charge < -0.3 is 14.4 Å². The first kappa shape index (κ1) is 20.6. The van der Waals surface area contributed by atoms with Gasteiger partial charge in [0.2, 0.25) is 0 Å². The van der Waals surface area contributed by atoms with Crippen molar-refractivity contribution in [3.63, 3.8) is 0 Å². The molecule has 3 aliphatic heterocycles. The van der Waals surface area contributed by atoms with Gasteiger partial charge in [-0.3, -0.25) is 0 Å². The minimum absolute atomic E-state index is 0.0137. The van der Waals surface area contributed by atoms with Crippen molar-refractivity contribution in [2.24, 2.45) is 0 Å². The molecular weight excluding hydrogens is 428 g/mol. The third kappa shape index (κ3) is 3.46. The average molecular weight is 461 g/mol. The molecule has 3 saturated heterocycles. The van der Waals surface area contributed by atoms with Gasteiger partial charge in [0, 0.05) is 24.3 Å². The van der Waals surface area contributed by atoms with Gasteiger partial charge in [-0.1, -0.05) is 6.08 Å². The summed E-state index contributed by atoms with van der Waals surface area (Å²) in [6.07, 6.45) is 16.9. The van der Waals surface area contributed by atoms with Crippen LogP contribution < -0.4 is 4.90 Å². The zero-order chi connectivity index (χ0) is 22.5. The Morgan fingerprint density at radius 1 is 0.971 bits per heavy atom. The van der Waals surface area contributed by atoms with Crippen molar-refractivity contribution in [1.82, 2.24) is 24.5 Å². The Labute approximate surface area is 199 Å². The second-order valence-corrected chi connectivity index (χ2v) is 10.1. The third-order valence-corrected chi connectivity index (χ3v) is 7.93. The second kappa shape index (κ2) is 8.50. The minimum atomic E-state index is 0.0137. The summed E-state index contributed by atoms with van der Waals surface area (Å²) < 4.78 is 15.6. The van der Waals surface area contributed by atoms with Crippen LogP contribution in [0.15, 0.2) is 30.6 Å². The van der Waals surface area contributed by atoms with E-state index in [1.165, 1.54) is 43.2 Å². The van der Waals surface area contributed by atoms with Gasteiger partial charge in [-0.2, -0.15) is 14.9 Å². The summed E-state index contributed by atoms with van der Waals surface area (Å²) in [5.41, 5.74) is 3.60. The molecule has 0 saturated carbocycles. The van der Waals surface area contributed by atoms with E-state index >= 15 is 0 Å². The maximum absolute atomic E-state index is 5.94. The van der Waals surface area contributed by atoms with Crippen LogP contribution in [0.4, 0.5) is 5.82 Å². The topological polar surface area (TPSA) is 70.2 Å². The lowest BCUT2D eigenvalue weighted by Crippen LogP contribution is -2.46. The van der Waals surface area contributed by atoms with E-state index in [1.807, 2.05) is 27.8 Å². The highest BCUT2D eigenvalue weighted by Crippen LogP contribution is 2.38. The SMILES string of the molecule is C1=C(c2cc(N3C4CCC3COC4)nc3c2cnn3-c2ccn(C3CCCCO3)n2)CCCC1. The molecule has 0 amide bonds. The first-order chi connectivity index (χ1) is 16.8. The van der Waals surface area contributed by atoms with E-state index in [-0.39, 0.29) is 6.23 Å². The number of morpholine rings is 1. The van der Waals surface area contributed by atoms with Crippen LogP contribution in [0.5, 0.6) is 0 Å². The summed E-state index contributed by atoms with van der Waals surface area (Å²) in [6, 6.07) is 5.17. The predicted octanol–water partition coefficient (Wildman–Crippen LogP) is 4.64. The van der Waals surface area contributed by atoms with Crippen molar-refractivity contribution in [2.45, 2.75) is 76.1 Å². The molecule has 0 radical (unpaired) electrons. The number of nitrogens with zero attached hydrogens (tertiary/aromatic N) is 6. The van der Waals surface area contributed by atoms with Crippen molar-refractivity contribution >= 4 is 22.4 Å². The lowest BCUT2D eigenvalue weighted by Gasteiger charge is -2.36. The molecule has 0 spiro atoms. The van der Waals surface area contributed by atoms with E-state index < -0.39 is 0 Å². The van der Waals surface area contributed by atoms with Crippen LogP contribution in [0.3, 0.4) is 0 Å². The van der Waals surface area contributed by atoms with Gasteiger partial charge in [0.05, 0.1) is 31.5 Å². The molecule has 6 heterocycles. The summed E-state index contributed by atoms with van der Waals surface area (Å²) in [4.78, 5) is 7.73. The molecule has 3 fully saturated rings. The van der Waals surface area contributed by atoms with E-state index in [1.54, 1.807) is 0 Å². The molecule has 0 aromatic carbocycles. The zero-order valence-electron chi connectivity index (χ0n) is 19.6. The quantitative estimate of drug-likeness (QED) is 0.565.